The third kappa shape index (κ3) is 12.3. The molecule has 0 atom stereocenters. The minimum absolute atomic E-state index is 0.241. The molecule has 0 unspecified atom stereocenters. The number of hydrogen-bond donors (Lipinski definition) is 0. The van der Waals surface area contributed by atoms with Gasteiger partial charge in [0.15, 0.2) is 17.5 Å². The number of hydrogen-bond acceptors (Lipinski definition) is 13. The maximum Gasteiger partial charge on any atom is 0.225 e. The van der Waals surface area contributed by atoms with Crippen LogP contribution in [0.15, 0.2) is 411 Å². The van der Waals surface area contributed by atoms with Crippen LogP contribution in [-0.4, -0.2) is 48.2 Å². The zero-order valence-corrected chi connectivity index (χ0v) is 85.8. The van der Waals surface area contributed by atoms with Gasteiger partial charge in [0.05, 0.1) is 60.3 Å². The molecule has 0 radical (unpaired) electrons. The minimum atomic E-state index is 0.241. The fraction of sp³-hybridized carbons (Fsp3) is 0. The van der Waals surface area contributed by atoms with Crippen LogP contribution in [-0.2, 0) is 0 Å². The Labute approximate surface area is 888 Å². The molecule has 0 fully saturated rings. The average Bonchev–Trinajstić information content (AvgIpc) is 1.52. The lowest BCUT2D eigenvalue weighted by Crippen LogP contribution is -2.00. The zero-order valence-electron chi connectivity index (χ0n) is 78.6. The molecule has 0 aliphatic carbocycles. The van der Waals surface area contributed by atoms with E-state index in [4.69, 9.17) is 69.1 Å². The van der Waals surface area contributed by atoms with Gasteiger partial charge in [-0.1, -0.05) is 315 Å². The van der Waals surface area contributed by atoms with Crippen molar-refractivity contribution in [1.82, 2.24) is 48.2 Å². The van der Waals surface area contributed by atoms with Crippen LogP contribution in [0.1, 0.15) is 0 Å². The standard InChI is InChI=1S/C50H27ClN4S2.C44H22ClN3OS2.C36H18ClN3S2/c51-50-52-48(45-36-18-8-11-21-42(36)57-49(45)53-50)55-39-25-23-28(29-22-24-32-31-14-6-9-19-38(31)54(40(32)27-29)30-12-2-1-3-13-30)26-37(39)43-33-15-4-5-16-34(33)47-44(46(43)55)35-17-7-10-20-41(35)56-47;45-44-46-42(38-30-13-4-8-19-35(30)51-43(38)47-44)48-32-16-5-1-11-28(32)36-26-21-20-23(24-14-9-15-27-25-10-2-6-17-33(25)49-40(24)27)22-31(26)41-37(39(36)48)29-12-3-7-18-34(29)50-41;37-36-38-34(30-25-18-17-19-9-1-2-10-20(19)32(25)42-35(30)39-36)40-26-15-7-5-13-23(26)28-21-11-3-4-12-22(21)33-29(31(28)40)24-14-6-8-16-27(24)41-33/h1-27H;1-22H;1-18H. The molecule has 0 spiro atoms. The number of fused-ring (bicyclic) bond motifs is 47. The minimum Gasteiger partial charge on any atom is -0.455 e. The first-order chi connectivity index (χ1) is 74.2. The highest BCUT2D eigenvalue weighted by molar-refractivity contribution is 7.29. The summed E-state index contributed by atoms with van der Waals surface area (Å²) >= 11 is 31.0. The zero-order chi connectivity index (χ0) is 98.3. The Bertz CT molecular complexity index is 12200. The molecule has 14 aromatic heterocycles. The molecule has 35 rings (SSSR count). The van der Waals surface area contributed by atoms with Gasteiger partial charge in [-0.3, -0.25) is 13.7 Å². The average molecular weight is 2080 g/mol. The lowest BCUT2D eigenvalue weighted by Gasteiger charge is -2.12. The van der Waals surface area contributed by atoms with E-state index in [-0.39, 0.29) is 15.9 Å². The lowest BCUT2D eigenvalue weighted by atomic mass is 9.95. The van der Waals surface area contributed by atoms with Crippen LogP contribution in [0.25, 0.3) is 319 Å². The quantitative estimate of drug-likeness (QED) is 0.153. The van der Waals surface area contributed by atoms with Gasteiger partial charge in [0.2, 0.25) is 15.9 Å². The van der Waals surface area contributed by atoms with Crippen molar-refractivity contribution in [3.8, 4) is 45.4 Å². The van der Waals surface area contributed by atoms with E-state index in [1.807, 2.05) is 46.1 Å². The molecule has 0 saturated heterocycles. The number of furan rings is 1. The summed E-state index contributed by atoms with van der Waals surface area (Å²) in [6.45, 7) is 0. The van der Waals surface area contributed by atoms with Crippen molar-refractivity contribution >= 4 is 377 Å². The number of aromatic nitrogens is 10. The second-order valence-corrected chi connectivity index (χ2v) is 45.6. The maximum absolute atomic E-state index is 6.87. The van der Waals surface area contributed by atoms with Crippen molar-refractivity contribution in [2.24, 2.45) is 0 Å². The number of thiophene rings is 6. The van der Waals surface area contributed by atoms with Crippen molar-refractivity contribution in [3.05, 3.63) is 422 Å². The van der Waals surface area contributed by atoms with Gasteiger partial charge < -0.3 is 8.98 Å². The molecule has 35 aromatic rings. The Balaban J connectivity index is 0.0000000985. The molecular formula is C130H67Cl3N10OS6. The van der Waals surface area contributed by atoms with Crippen molar-refractivity contribution in [1.29, 1.82) is 0 Å². The van der Waals surface area contributed by atoms with E-state index in [1.54, 1.807) is 34.0 Å². The molecule has 0 aliphatic heterocycles. The summed E-state index contributed by atoms with van der Waals surface area (Å²) < 4.78 is 27.1. The van der Waals surface area contributed by atoms with E-state index in [0.717, 1.165) is 151 Å². The van der Waals surface area contributed by atoms with Gasteiger partial charge in [-0.2, -0.15) is 15.0 Å². The molecule has 0 bridgehead atoms. The van der Waals surface area contributed by atoms with E-state index >= 15 is 0 Å². The Morgan fingerprint density at radius 1 is 0.200 bits per heavy atom. The molecule has 14 heterocycles. The van der Waals surface area contributed by atoms with Crippen LogP contribution in [0.3, 0.4) is 0 Å². The SMILES string of the molecule is Clc1nc(-n2c3ccc(-c4ccc5c6ccccc6n(-c6ccccc6)c5c4)cc3c3c4ccccc4c4sc5ccccc5c4c32)c2c(n1)sc1ccccc12.Clc1nc(-n2c3ccccc3c3c4ccc(-c5cccc6c5oc5ccccc56)cc4c4sc5ccccc5c4c32)c2c(n1)sc1ccccc12.Clc1nc(-n2c3ccccc3c3c4ccccc4c4sc5ccccc5c4c32)c2c(n1)sc1c3ccccc3ccc12. The summed E-state index contributed by atoms with van der Waals surface area (Å²) in [6.07, 6.45) is 0. The highest BCUT2D eigenvalue weighted by atomic mass is 35.5. The predicted octanol–water partition coefficient (Wildman–Crippen LogP) is 39.8. The monoisotopic (exact) mass is 2080 g/mol. The van der Waals surface area contributed by atoms with E-state index in [1.165, 1.54) is 168 Å². The van der Waals surface area contributed by atoms with Gasteiger partial charge in [-0.05, 0) is 169 Å². The highest BCUT2D eigenvalue weighted by Crippen LogP contribution is 2.57. The number of halogens is 3. The fourth-order valence-corrected chi connectivity index (χ4v) is 32.2. The Hall–Kier alpha value is -16.9. The van der Waals surface area contributed by atoms with Gasteiger partial charge >= 0.3 is 0 Å². The third-order valence-electron chi connectivity index (χ3n) is 30.6. The van der Waals surface area contributed by atoms with Crippen LogP contribution in [0.2, 0.25) is 15.9 Å². The Morgan fingerprint density at radius 3 is 1.11 bits per heavy atom. The number of rotatable bonds is 6. The van der Waals surface area contributed by atoms with Crippen molar-refractivity contribution in [2.75, 3.05) is 0 Å². The van der Waals surface area contributed by atoms with E-state index in [0.29, 0.717) is 0 Å². The van der Waals surface area contributed by atoms with E-state index in [9.17, 15) is 0 Å². The fourth-order valence-electron chi connectivity index (χ4n) is 24.4. The number of benzene rings is 21. The smallest absolute Gasteiger partial charge is 0.225 e. The topological polar surface area (TPSA) is 110 Å². The normalized spacial score (nSPS) is 12.4. The van der Waals surface area contributed by atoms with Crippen LogP contribution in [0, 0.1) is 0 Å². The largest absolute Gasteiger partial charge is 0.455 e. The molecule has 700 valence electrons. The van der Waals surface area contributed by atoms with Crippen LogP contribution in [0.4, 0.5) is 0 Å². The summed E-state index contributed by atoms with van der Waals surface area (Å²) in [6, 6.07) is 146. The van der Waals surface area contributed by atoms with Gasteiger partial charge in [-0.15, -0.1) is 68.0 Å². The summed E-state index contributed by atoms with van der Waals surface area (Å²) in [4.78, 5) is 32.1. The molecule has 0 saturated carbocycles. The molecular weight excluding hydrogens is 2020 g/mol. The van der Waals surface area contributed by atoms with Crippen LogP contribution >= 0.6 is 103 Å². The number of para-hydroxylation sites is 6. The molecule has 0 N–H and O–H groups in total. The molecule has 0 aliphatic rings. The lowest BCUT2D eigenvalue weighted by molar-refractivity contribution is 0.670. The molecule has 0 amide bonds. The van der Waals surface area contributed by atoms with Gasteiger partial charge in [-0.25, -0.2) is 15.0 Å². The second kappa shape index (κ2) is 32.5. The van der Waals surface area contributed by atoms with Crippen molar-refractivity contribution in [2.45, 2.75) is 0 Å². The predicted molar refractivity (Wildman–Crippen MR) is 644 cm³/mol. The second-order valence-electron chi connectivity index (χ2n) is 38.4. The van der Waals surface area contributed by atoms with Crippen LogP contribution in [0.5, 0.6) is 0 Å². The first-order valence-corrected chi connectivity index (χ1v) is 55.5. The first-order valence-electron chi connectivity index (χ1n) is 49.5. The molecule has 20 heteroatoms. The molecule has 150 heavy (non-hydrogen) atoms. The van der Waals surface area contributed by atoms with E-state index < -0.39 is 0 Å². The van der Waals surface area contributed by atoms with Gasteiger partial charge in [0.25, 0.3) is 0 Å². The number of nitrogens with zero attached hydrogens (tertiary/aromatic N) is 10. The maximum atomic E-state index is 6.87. The molecule has 21 aromatic carbocycles. The van der Waals surface area contributed by atoms with Crippen molar-refractivity contribution < 1.29 is 4.42 Å². The summed E-state index contributed by atoms with van der Waals surface area (Å²) in [5.41, 5.74) is 16.6. The Morgan fingerprint density at radius 2 is 0.560 bits per heavy atom. The first kappa shape index (κ1) is 85.2. The summed E-state index contributed by atoms with van der Waals surface area (Å²) in [5, 5.41) is 36.5. The van der Waals surface area contributed by atoms with Gasteiger partial charge in [0.1, 0.15) is 25.7 Å². The summed E-state index contributed by atoms with van der Waals surface area (Å²) in [7, 11) is 0. The van der Waals surface area contributed by atoms with Crippen LogP contribution < -0.4 is 0 Å². The molecule has 11 nitrogen and oxygen atoms in total. The van der Waals surface area contributed by atoms with Gasteiger partial charge in [0, 0.05) is 172 Å². The van der Waals surface area contributed by atoms with Crippen molar-refractivity contribution in [3.63, 3.8) is 0 Å². The Kier molecular flexibility index (Phi) is 18.5. The van der Waals surface area contributed by atoms with E-state index in [2.05, 4.69) is 413 Å². The third-order valence-corrected chi connectivity index (χ3v) is 37.9. The highest BCUT2D eigenvalue weighted by Gasteiger charge is 2.33. The summed E-state index contributed by atoms with van der Waals surface area (Å²) in [5.74, 6) is 2.43.